The summed E-state index contributed by atoms with van der Waals surface area (Å²) in [5.74, 6) is 0.114. The van der Waals surface area contributed by atoms with Gasteiger partial charge in [0.1, 0.15) is 17.3 Å². The second-order valence-electron chi connectivity index (χ2n) is 3.82. The van der Waals surface area contributed by atoms with Crippen molar-refractivity contribution in [3.05, 3.63) is 51.7 Å². The number of hydrogen-bond acceptors (Lipinski definition) is 3. The fraction of sp³-hybridized carbons (Fsp3) is 0. The molecule has 0 heterocycles. The molecule has 0 saturated carbocycles. The van der Waals surface area contributed by atoms with E-state index in [1.807, 2.05) is 0 Å². The van der Waals surface area contributed by atoms with E-state index in [0.717, 1.165) is 0 Å². The van der Waals surface area contributed by atoms with Crippen LogP contribution in [-0.4, -0.2) is 8.42 Å². The number of halogens is 3. The van der Waals surface area contributed by atoms with Crippen molar-refractivity contribution in [2.45, 2.75) is 4.90 Å². The van der Waals surface area contributed by atoms with Crippen molar-refractivity contribution in [2.75, 3.05) is 0 Å². The SMILES string of the molecule is NS(=O)(=O)c1ccc(Oc2ccc(F)c(Cl)c2)c(Br)c1. The monoisotopic (exact) mass is 379 g/mol. The van der Waals surface area contributed by atoms with Crippen LogP contribution in [0.25, 0.3) is 0 Å². The number of hydrogen-bond donors (Lipinski definition) is 1. The molecule has 0 fully saturated rings. The highest BCUT2D eigenvalue weighted by Gasteiger charge is 2.12. The van der Waals surface area contributed by atoms with Crippen LogP contribution in [-0.2, 0) is 10.0 Å². The second kappa shape index (κ2) is 5.69. The van der Waals surface area contributed by atoms with Crippen molar-refractivity contribution in [1.82, 2.24) is 0 Å². The Kier molecular flexibility index (Phi) is 4.33. The van der Waals surface area contributed by atoms with E-state index in [1.165, 1.54) is 36.4 Å². The van der Waals surface area contributed by atoms with E-state index in [4.69, 9.17) is 21.5 Å². The van der Waals surface area contributed by atoms with E-state index in [-0.39, 0.29) is 9.92 Å². The maximum atomic E-state index is 13.0. The Hall–Kier alpha value is -1.15. The Balaban J connectivity index is 2.32. The number of ether oxygens (including phenoxy) is 1. The first-order valence-corrected chi connectivity index (χ1v) is 7.94. The zero-order valence-corrected chi connectivity index (χ0v) is 13.0. The van der Waals surface area contributed by atoms with Crippen LogP contribution in [0.3, 0.4) is 0 Å². The Morgan fingerprint density at radius 2 is 1.90 bits per heavy atom. The molecule has 0 aromatic heterocycles. The maximum absolute atomic E-state index is 13.0. The number of sulfonamides is 1. The molecule has 2 aromatic carbocycles. The highest BCUT2D eigenvalue weighted by molar-refractivity contribution is 9.10. The summed E-state index contributed by atoms with van der Waals surface area (Å²) in [7, 11) is -3.78. The Bertz CT molecular complexity index is 767. The van der Waals surface area contributed by atoms with Crippen LogP contribution in [0.2, 0.25) is 5.02 Å². The molecular weight excluding hydrogens is 373 g/mol. The molecule has 8 heteroatoms. The molecule has 0 unspecified atom stereocenters. The van der Waals surface area contributed by atoms with E-state index in [2.05, 4.69) is 15.9 Å². The zero-order valence-electron chi connectivity index (χ0n) is 9.81. The highest BCUT2D eigenvalue weighted by Crippen LogP contribution is 2.32. The lowest BCUT2D eigenvalue weighted by Gasteiger charge is -2.09. The quantitative estimate of drug-likeness (QED) is 0.883. The summed E-state index contributed by atoms with van der Waals surface area (Å²) in [5.41, 5.74) is 0. The average molecular weight is 381 g/mol. The predicted octanol–water partition coefficient (Wildman–Crippen LogP) is 3.68. The summed E-state index contributed by atoms with van der Waals surface area (Å²) in [6.45, 7) is 0. The minimum atomic E-state index is -3.78. The first-order valence-electron chi connectivity index (χ1n) is 5.22. The van der Waals surface area contributed by atoms with Gasteiger partial charge in [0.25, 0.3) is 0 Å². The lowest BCUT2D eigenvalue weighted by Crippen LogP contribution is -2.11. The minimum absolute atomic E-state index is 0.0473. The Labute approximate surface area is 128 Å². The second-order valence-corrected chi connectivity index (χ2v) is 6.64. The molecule has 0 aliphatic carbocycles. The fourth-order valence-electron chi connectivity index (χ4n) is 1.41. The Morgan fingerprint density at radius 1 is 1.20 bits per heavy atom. The van der Waals surface area contributed by atoms with Gasteiger partial charge in [0, 0.05) is 6.07 Å². The smallest absolute Gasteiger partial charge is 0.238 e. The largest absolute Gasteiger partial charge is 0.456 e. The molecule has 0 saturated heterocycles. The Morgan fingerprint density at radius 3 is 2.45 bits per heavy atom. The molecule has 20 heavy (non-hydrogen) atoms. The normalized spacial score (nSPS) is 11.4. The summed E-state index contributed by atoms with van der Waals surface area (Å²) in [6.07, 6.45) is 0. The van der Waals surface area contributed by atoms with Crippen molar-refractivity contribution < 1.29 is 17.5 Å². The number of rotatable bonds is 3. The van der Waals surface area contributed by atoms with E-state index in [1.54, 1.807) is 0 Å². The van der Waals surface area contributed by atoms with Crippen LogP contribution in [0.4, 0.5) is 4.39 Å². The molecule has 106 valence electrons. The van der Waals surface area contributed by atoms with E-state index >= 15 is 0 Å². The highest BCUT2D eigenvalue weighted by atomic mass is 79.9. The van der Waals surface area contributed by atoms with Crippen molar-refractivity contribution in [3.8, 4) is 11.5 Å². The first kappa shape index (κ1) is 15.2. The van der Waals surface area contributed by atoms with Gasteiger partial charge in [-0.25, -0.2) is 17.9 Å². The lowest BCUT2D eigenvalue weighted by atomic mass is 10.3. The molecule has 2 N–H and O–H groups in total. The topological polar surface area (TPSA) is 69.4 Å². The molecule has 0 aliphatic heterocycles. The molecule has 0 atom stereocenters. The summed E-state index contributed by atoms with van der Waals surface area (Å²) in [6, 6.07) is 7.94. The van der Waals surface area contributed by atoms with Crippen molar-refractivity contribution >= 4 is 37.6 Å². The standard InChI is InChI=1S/C12H8BrClFNO3S/c13-9-6-8(20(16,17)18)2-4-12(9)19-7-1-3-11(15)10(14)5-7/h1-6H,(H2,16,17,18). The van der Waals surface area contributed by atoms with Crippen molar-refractivity contribution in [2.24, 2.45) is 5.14 Å². The third-order valence-electron chi connectivity index (χ3n) is 2.35. The summed E-state index contributed by atoms with van der Waals surface area (Å²) in [5, 5.41) is 4.95. The van der Waals surface area contributed by atoms with E-state index < -0.39 is 15.8 Å². The van der Waals surface area contributed by atoms with Gasteiger partial charge in [0.05, 0.1) is 14.4 Å². The summed E-state index contributed by atoms with van der Waals surface area (Å²) >= 11 is 8.82. The van der Waals surface area contributed by atoms with E-state index in [9.17, 15) is 12.8 Å². The summed E-state index contributed by atoms with van der Waals surface area (Å²) < 4.78 is 41.3. The number of benzene rings is 2. The van der Waals surface area contributed by atoms with Crippen LogP contribution < -0.4 is 9.88 Å². The van der Waals surface area contributed by atoms with E-state index in [0.29, 0.717) is 16.0 Å². The van der Waals surface area contributed by atoms with Crippen molar-refractivity contribution in [3.63, 3.8) is 0 Å². The molecule has 0 bridgehead atoms. The molecule has 0 amide bonds. The molecule has 0 aliphatic rings. The molecule has 0 radical (unpaired) electrons. The van der Waals surface area contributed by atoms with Crippen molar-refractivity contribution in [1.29, 1.82) is 0 Å². The first-order chi connectivity index (χ1) is 9.27. The van der Waals surface area contributed by atoms with Crippen LogP contribution in [0.1, 0.15) is 0 Å². The van der Waals surface area contributed by atoms with Crippen LogP contribution in [0.15, 0.2) is 45.8 Å². The van der Waals surface area contributed by atoms with Gasteiger partial charge >= 0.3 is 0 Å². The average Bonchev–Trinajstić information content (AvgIpc) is 2.35. The number of nitrogens with two attached hydrogens (primary N) is 1. The molecule has 0 spiro atoms. The van der Waals surface area contributed by atoms with Gasteiger partial charge in [-0.05, 0) is 46.3 Å². The van der Waals surface area contributed by atoms with Gasteiger partial charge in [0.2, 0.25) is 10.0 Å². The third-order valence-corrected chi connectivity index (χ3v) is 4.17. The molecule has 4 nitrogen and oxygen atoms in total. The zero-order chi connectivity index (χ0) is 14.9. The molecule has 2 aromatic rings. The maximum Gasteiger partial charge on any atom is 0.238 e. The predicted molar refractivity (Wildman–Crippen MR) is 77.0 cm³/mol. The summed E-state index contributed by atoms with van der Waals surface area (Å²) in [4.78, 5) is -0.0473. The van der Waals surface area contributed by atoms with Gasteiger partial charge in [-0.1, -0.05) is 11.6 Å². The molecular formula is C12H8BrClFNO3S. The van der Waals surface area contributed by atoms with Crippen LogP contribution in [0.5, 0.6) is 11.5 Å². The van der Waals surface area contributed by atoms with Gasteiger partial charge in [0.15, 0.2) is 0 Å². The lowest BCUT2D eigenvalue weighted by molar-refractivity contribution is 0.477. The van der Waals surface area contributed by atoms with Crippen LogP contribution in [0, 0.1) is 5.82 Å². The van der Waals surface area contributed by atoms with Gasteiger partial charge in [-0.2, -0.15) is 0 Å². The third kappa shape index (κ3) is 3.49. The number of primary sulfonamides is 1. The van der Waals surface area contributed by atoms with Gasteiger partial charge in [-0.15, -0.1) is 0 Å². The van der Waals surface area contributed by atoms with Crippen LogP contribution >= 0.6 is 27.5 Å². The van der Waals surface area contributed by atoms with Gasteiger partial charge in [-0.3, -0.25) is 0 Å². The molecule has 2 rings (SSSR count). The fourth-order valence-corrected chi connectivity index (χ4v) is 2.73. The van der Waals surface area contributed by atoms with Gasteiger partial charge < -0.3 is 4.74 Å². The minimum Gasteiger partial charge on any atom is -0.456 e.